The lowest BCUT2D eigenvalue weighted by Gasteiger charge is -2.48. The first kappa shape index (κ1) is 101. The van der Waals surface area contributed by atoms with Crippen molar-refractivity contribution in [3.63, 3.8) is 0 Å². The molecule has 0 amide bonds. The van der Waals surface area contributed by atoms with E-state index in [1.54, 1.807) is 30.4 Å². The molecule has 0 saturated carbocycles. The van der Waals surface area contributed by atoms with Crippen LogP contribution in [-0.4, -0.2) is 52.4 Å². The molecule has 0 radical (unpaired) electrons. The predicted molar refractivity (Wildman–Crippen MR) is 582 cm³/mol. The minimum Gasteiger partial charge on any atom is -0.461 e. The Morgan fingerprint density at radius 2 is 0.608 bits per heavy atom. The Bertz CT molecular complexity index is 7070. The molecular formula is C127H132N12O4. The van der Waals surface area contributed by atoms with E-state index >= 15 is 0 Å². The summed E-state index contributed by atoms with van der Waals surface area (Å²) in [4.78, 5) is 24.1. The Morgan fingerprint density at radius 1 is 0.329 bits per heavy atom. The molecule has 12 aliphatic heterocycles. The van der Waals surface area contributed by atoms with Crippen LogP contribution in [0, 0.1) is 97.8 Å². The summed E-state index contributed by atoms with van der Waals surface area (Å²) in [5, 5.41) is 38.0. The summed E-state index contributed by atoms with van der Waals surface area (Å²) in [6, 6.07) is 48.4. The minimum atomic E-state index is -0.241. The molecule has 0 saturated heterocycles. The average molecular weight is 1890 g/mol. The van der Waals surface area contributed by atoms with E-state index in [4.69, 9.17) is 45.2 Å². The van der Waals surface area contributed by atoms with Crippen molar-refractivity contribution in [1.29, 1.82) is 21.0 Å². The third kappa shape index (κ3) is 20.6. The molecule has 19 rings (SSSR count). The summed E-state index contributed by atoms with van der Waals surface area (Å²) in [5.74, 6) is 5.19. The summed E-state index contributed by atoms with van der Waals surface area (Å²) < 4.78 is 25.0. The Balaban J connectivity index is 0.000000137. The Labute approximate surface area is 849 Å². The maximum absolute atomic E-state index is 9.63. The van der Waals surface area contributed by atoms with Gasteiger partial charge < -0.3 is 38.5 Å². The van der Waals surface area contributed by atoms with Crippen molar-refractivity contribution in [1.82, 2.24) is 0 Å². The molecule has 0 aliphatic carbocycles. The topological polar surface area (TPSA) is 162 Å². The van der Waals surface area contributed by atoms with Crippen molar-refractivity contribution in [2.75, 3.05) is 72.0 Å². The number of benzene rings is 7. The summed E-state index contributed by atoms with van der Waals surface area (Å²) in [6.45, 7) is 88.8. The molecule has 0 atom stereocenters. The van der Waals surface area contributed by atoms with Crippen molar-refractivity contribution in [2.45, 2.75) is 247 Å². The van der Waals surface area contributed by atoms with Gasteiger partial charge in [-0.15, -0.1) is 0 Å². The van der Waals surface area contributed by atoms with Crippen molar-refractivity contribution in [2.24, 2.45) is 5.41 Å². The van der Waals surface area contributed by atoms with Gasteiger partial charge in [-0.2, -0.15) is 0 Å². The van der Waals surface area contributed by atoms with E-state index < -0.39 is 0 Å². The molecule has 143 heavy (non-hydrogen) atoms. The molecule has 0 unspecified atom stereocenters. The number of fused-ring (bicyclic) bond motifs is 1. The summed E-state index contributed by atoms with van der Waals surface area (Å²) in [7, 11) is 0. The summed E-state index contributed by atoms with van der Waals surface area (Å²) in [5.41, 5.74) is 31.2. The van der Waals surface area contributed by atoms with Gasteiger partial charge in [0.25, 0.3) is 22.8 Å². The fourth-order valence-corrected chi connectivity index (χ4v) is 22.0. The van der Waals surface area contributed by atoms with Crippen LogP contribution >= 0.6 is 0 Å². The zero-order valence-corrected chi connectivity index (χ0v) is 87.4. The number of rotatable bonds is 10. The third-order valence-electron chi connectivity index (χ3n) is 31.2. The third-order valence-corrected chi connectivity index (χ3v) is 31.2. The van der Waals surface area contributed by atoms with Gasteiger partial charge in [-0.3, -0.25) is 0 Å². The Kier molecular flexibility index (Phi) is 27.6. The van der Waals surface area contributed by atoms with Crippen molar-refractivity contribution in [3.05, 3.63) is 396 Å². The summed E-state index contributed by atoms with van der Waals surface area (Å²) >= 11 is 0. The van der Waals surface area contributed by atoms with Crippen LogP contribution in [-0.2, 0) is 57.5 Å². The van der Waals surface area contributed by atoms with E-state index in [2.05, 4.69) is 282 Å². The number of ether oxygens (including phenoxy) is 4. The first-order chi connectivity index (χ1) is 67.7. The number of allylic oxidation sites excluding steroid dienone is 20. The molecule has 724 valence electrons. The molecule has 7 aromatic carbocycles. The highest BCUT2D eigenvalue weighted by Gasteiger charge is 2.46. The van der Waals surface area contributed by atoms with Gasteiger partial charge in [0.15, 0.2) is 0 Å². The van der Waals surface area contributed by atoms with E-state index in [0.717, 1.165) is 160 Å². The average Bonchev–Trinajstić information content (AvgIpc) is 0.738. The van der Waals surface area contributed by atoms with E-state index in [0.29, 0.717) is 62.6 Å². The SMILES string of the molecule is [C-]#[N+]/C(C#N)=C1C=C(/C=C/c2cc3c4c(c2)C(C)(C)CCN4CCC3(C)C)OC(C(C)(C)C)=C\1.[C-]#[N+]/C(C#N)=C1C=C(/C=C/c2cc3c4c(c2)C(C)(C)CCN4CCC3(C)C)OC(c2c(C)cc(C)cc2C)=C\1.[C-]#[N+]/C(C#N)=C1C=C(/C=C/c2cc3c4c(c2)C(C)(C)CCN4CCC3(C)C)OC(c2ccccc2)=C\1.[C-]#[N+]\C(C#N)=C1/C=C(/C=C/c2cc3c4c(c2)C(C)(C)CCN4CCC3(C)C)Oc2ccccc21. The van der Waals surface area contributed by atoms with Crippen LogP contribution in [0.15, 0.2) is 250 Å². The normalized spacial score (nSPS) is 21.0. The largest absolute Gasteiger partial charge is 0.461 e. The number of nitrogens with zero attached hydrogens (tertiary/aromatic N) is 12. The van der Waals surface area contributed by atoms with Crippen LogP contribution in [0.5, 0.6) is 5.75 Å². The number of nitriles is 4. The zero-order valence-electron chi connectivity index (χ0n) is 87.4. The molecule has 0 spiro atoms. The molecule has 0 N–H and O–H groups in total. The molecule has 16 nitrogen and oxygen atoms in total. The van der Waals surface area contributed by atoms with Crippen LogP contribution in [0.25, 0.3) is 60.8 Å². The molecule has 12 aliphatic rings. The zero-order chi connectivity index (χ0) is 103. The lowest BCUT2D eigenvalue weighted by Crippen LogP contribution is -2.44. The van der Waals surface area contributed by atoms with Crippen molar-refractivity contribution >= 4 is 64.1 Å². The predicted octanol–water partition coefficient (Wildman–Crippen LogP) is 30.4. The lowest BCUT2D eigenvalue weighted by molar-refractivity contribution is 0.223. The van der Waals surface area contributed by atoms with Gasteiger partial charge in [0.2, 0.25) is 0 Å². The fraction of sp³-hybridized carbons (Fsp3) is 0.370. The number of para-hydroxylation sites is 1. The number of aryl methyl sites for hydroxylation is 3. The molecule has 16 heteroatoms. The molecular weight excluding hydrogens is 1760 g/mol. The summed E-state index contributed by atoms with van der Waals surface area (Å²) in [6.07, 6.45) is 38.0. The minimum absolute atomic E-state index is 0.0550. The highest BCUT2D eigenvalue weighted by molar-refractivity contribution is 5.87. The van der Waals surface area contributed by atoms with Crippen LogP contribution in [0.1, 0.15) is 283 Å². The van der Waals surface area contributed by atoms with E-state index in [1.807, 2.05) is 109 Å². The number of anilines is 4. The second kappa shape index (κ2) is 39.1. The quantitative estimate of drug-likeness (QED) is 0.0942. The fourth-order valence-electron chi connectivity index (χ4n) is 22.0. The molecule has 0 aromatic heterocycles. The first-order valence-corrected chi connectivity index (χ1v) is 50.3. The van der Waals surface area contributed by atoms with Gasteiger partial charge in [-0.05, 0) is 331 Å². The Hall–Kier alpha value is -15.0. The molecule has 0 bridgehead atoms. The highest BCUT2D eigenvalue weighted by Crippen LogP contribution is 2.56. The monoisotopic (exact) mass is 1890 g/mol. The van der Waals surface area contributed by atoms with Gasteiger partial charge in [0, 0.05) is 103 Å². The molecule has 7 aromatic rings. The van der Waals surface area contributed by atoms with Crippen LogP contribution in [0.2, 0.25) is 0 Å². The molecule has 12 heterocycles. The van der Waals surface area contributed by atoms with Gasteiger partial charge >= 0.3 is 0 Å². The van der Waals surface area contributed by atoms with Crippen molar-refractivity contribution in [3.8, 4) is 30.0 Å². The molecule has 0 fully saturated rings. The Morgan fingerprint density at radius 3 is 0.916 bits per heavy atom. The van der Waals surface area contributed by atoms with E-state index in [-0.39, 0.29) is 71.5 Å². The van der Waals surface area contributed by atoms with Crippen LogP contribution in [0.3, 0.4) is 0 Å². The van der Waals surface area contributed by atoms with Gasteiger partial charge in [0.05, 0.1) is 50.6 Å². The first-order valence-electron chi connectivity index (χ1n) is 50.3. The second-order valence-corrected chi connectivity index (χ2v) is 46.3. The van der Waals surface area contributed by atoms with Gasteiger partial charge in [0.1, 0.15) is 46.1 Å². The van der Waals surface area contributed by atoms with Gasteiger partial charge in [-0.1, -0.05) is 222 Å². The maximum Gasteiger partial charge on any atom is 0.269 e. The standard InChI is InChI=1S/C35H37N3O.C32H31N3O.C30H29N3O.C30H35N3O/c1-22-15-23(2)32(24(3)16-22)31-20-26(30(21-36)37-8)19-27(39-31)10-9-25-17-28-33-29(18-25)35(6,7)12-14-38(33)13-11-34(28,4)5;1-31(2)13-15-35-16-14-32(3,4)27-18-22(17-26(31)30(27)35)11-12-25-19-24(28(21-33)34-5)20-29(36-25)23-9-7-6-8-10-23;1-29(2)12-14-33-15-13-30(3,4)25-17-20(16-24(29)28(25)33)10-11-21-18-23(26(19-31)32-5)22-8-6-7-9-27(22)34-21;1-28(2,3)26-18-21(25(19-31)32-8)17-22(34-26)10-9-20-15-23-27-24(16-20)30(6,7)12-14-33(27)13-11-29(23,4)5/h9-10,15-20H,11-14H2,1-7H3;6-12,17-20H,13-16H2,1-4H3;6-11,16-18H,12-15H2,1-4H3;9-10,15-18H,11-14H2,1-7H3/b10-9+,30-26+;12-11+,28-24+;11-10+,26-23+;10-9+,25-21+. The van der Waals surface area contributed by atoms with Crippen LogP contribution < -0.4 is 24.3 Å². The van der Waals surface area contributed by atoms with Gasteiger partial charge in [-0.25, -0.2) is 40.4 Å². The van der Waals surface area contributed by atoms with Crippen molar-refractivity contribution < 1.29 is 18.9 Å². The maximum atomic E-state index is 9.63. The lowest BCUT2D eigenvalue weighted by atomic mass is 9.69. The number of hydrogen-bond donors (Lipinski definition) is 0. The van der Waals surface area contributed by atoms with E-state index in [1.165, 1.54) is 72.8 Å². The van der Waals surface area contributed by atoms with E-state index in [9.17, 15) is 21.0 Å². The second-order valence-electron chi connectivity index (χ2n) is 46.3. The number of hydrogen-bond acceptors (Lipinski definition) is 12. The highest BCUT2D eigenvalue weighted by atomic mass is 16.5. The smallest absolute Gasteiger partial charge is 0.269 e. The van der Waals surface area contributed by atoms with Crippen LogP contribution in [0.4, 0.5) is 22.7 Å².